The van der Waals surface area contributed by atoms with E-state index in [1.807, 2.05) is 30.3 Å². The second-order valence-electron chi connectivity index (χ2n) is 5.85. The molecule has 5 heteroatoms. The first-order valence-electron chi connectivity index (χ1n) is 8.36. The lowest BCUT2D eigenvalue weighted by Crippen LogP contribution is -2.28. The summed E-state index contributed by atoms with van der Waals surface area (Å²) in [5.41, 5.74) is 1.14. The smallest absolute Gasteiger partial charge is 0.352 e. The minimum Gasteiger partial charge on any atom is -0.479 e. The summed E-state index contributed by atoms with van der Waals surface area (Å²) >= 11 is 3.34. The molecule has 0 aliphatic rings. The topological polar surface area (TPSA) is 52.6 Å². The lowest BCUT2D eigenvalue weighted by molar-refractivity contribution is -0.141. The summed E-state index contributed by atoms with van der Waals surface area (Å²) in [7, 11) is 0. The molecule has 0 heterocycles. The van der Waals surface area contributed by atoms with Crippen molar-refractivity contribution in [1.29, 1.82) is 0 Å². The van der Waals surface area contributed by atoms with Crippen LogP contribution in [0.4, 0.5) is 0 Å². The van der Waals surface area contributed by atoms with E-state index in [-0.39, 0.29) is 5.78 Å². The summed E-state index contributed by atoms with van der Waals surface area (Å²) in [6, 6.07) is 22.7. The summed E-state index contributed by atoms with van der Waals surface area (Å²) in [6.45, 7) is 1.62. The van der Waals surface area contributed by atoms with Crippen LogP contribution in [-0.2, 0) is 4.79 Å². The summed E-state index contributed by atoms with van der Waals surface area (Å²) in [5.74, 6) is 0.336. The molecule has 3 aromatic rings. The average Bonchev–Trinajstić information content (AvgIpc) is 2.70. The van der Waals surface area contributed by atoms with Crippen molar-refractivity contribution >= 4 is 27.7 Å². The quantitative estimate of drug-likeness (QED) is 0.315. The molecule has 0 aromatic heterocycles. The van der Waals surface area contributed by atoms with Gasteiger partial charge in [0.25, 0.3) is 0 Å². The Morgan fingerprint density at radius 2 is 1.33 bits per heavy atom. The molecule has 0 aliphatic carbocycles. The fourth-order valence-electron chi connectivity index (χ4n) is 2.40. The highest BCUT2D eigenvalue weighted by Gasteiger charge is 2.18. The Morgan fingerprint density at radius 3 is 1.96 bits per heavy atom. The fraction of sp³-hybridized carbons (Fsp3) is 0.0909. The van der Waals surface area contributed by atoms with Gasteiger partial charge in [0.05, 0.1) is 0 Å². The number of carbonyl (C=O) groups is 2. The van der Waals surface area contributed by atoms with E-state index in [0.29, 0.717) is 22.6 Å². The number of hydrogen-bond donors (Lipinski definition) is 0. The van der Waals surface area contributed by atoms with Gasteiger partial charge in [0.15, 0.2) is 11.9 Å². The molecule has 4 nitrogen and oxygen atoms in total. The Balaban J connectivity index is 1.61. The van der Waals surface area contributed by atoms with Crippen molar-refractivity contribution in [2.24, 2.45) is 0 Å². The highest BCUT2D eigenvalue weighted by Crippen LogP contribution is 2.19. The zero-order valence-corrected chi connectivity index (χ0v) is 16.2. The molecular weight excluding hydrogens is 408 g/mol. The molecule has 136 valence electrons. The van der Waals surface area contributed by atoms with Crippen LogP contribution >= 0.6 is 15.9 Å². The normalized spacial score (nSPS) is 11.5. The maximum Gasteiger partial charge on any atom is 0.352 e. The van der Waals surface area contributed by atoms with Gasteiger partial charge in [-0.3, -0.25) is 4.79 Å². The van der Waals surface area contributed by atoms with Crippen molar-refractivity contribution < 1.29 is 19.1 Å². The second kappa shape index (κ2) is 8.64. The average molecular weight is 425 g/mol. The van der Waals surface area contributed by atoms with Gasteiger partial charge in [0.1, 0.15) is 11.5 Å². The first-order chi connectivity index (χ1) is 13.0. The molecule has 0 bridgehead atoms. The Kier molecular flexibility index (Phi) is 6.04. The van der Waals surface area contributed by atoms with Crippen molar-refractivity contribution in [3.05, 3.63) is 94.5 Å². The van der Waals surface area contributed by atoms with Crippen molar-refractivity contribution in [1.82, 2.24) is 0 Å². The van der Waals surface area contributed by atoms with E-state index in [9.17, 15) is 9.59 Å². The predicted molar refractivity (Wildman–Crippen MR) is 106 cm³/mol. The minimum absolute atomic E-state index is 0.0829. The van der Waals surface area contributed by atoms with Gasteiger partial charge in [0, 0.05) is 15.6 Å². The summed E-state index contributed by atoms with van der Waals surface area (Å²) in [5, 5.41) is 0. The van der Waals surface area contributed by atoms with E-state index in [1.54, 1.807) is 55.5 Å². The first-order valence-corrected chi connectivity index (χ1v) is 9.16. The molecule has 1 atom stereocenters. The Hall–Kier alpha value is -2.92. The highest BCUT2D eigenvalue weighted by molar-refractivity contribution is 9.10. The molecule has 0 amide bonds. The predicted octanol–water partition coefficient (Wildman–Crippen LogP) is 5.05. The third kappa shape index (κ3) is 5.05. The van der Waals surface area contributed by atoms with Gasteiger partial charge in [0.2, 0.25) is 0 Å². The summed E-state index contributed by atoms with van der Waals surface area (Å²) < 4.78 is 11.8. The molecule has 3 rings (SSSR count). The zero-order chi connectivity index (χ0) is 19.2. The number of carbonyl (C=O) groups excluding carboxylic acids is 2. The lowest BCUT2D eigenvalue weighted by Gasteiger charge is -2.14. The number of esters is 1. The monoisotopic (exact) mass is 424 g/mol. The molecular formula is C22H17BrO4. The minimum atomic E-state index is -0.767. The van der Waals surface area contributed by atoms with Crippen LogP contribution in [0.15, 0.2) is 83.3 Å². The molecule has 0 fully saturated rings. The van der Waals surface area contributed by atoms with Crippen molar-refractivity contribution in [2.75, 3.05) is 0 Å². The van der Waals surface area contributed by atoms with Crippen LogP contribution in [0.2, 0.25) is 0 Å². The van der Waals surface area contributed by atoms with Crippen LogP contribution in [0.25, 0.3) is 0 Å². The van der Waals surface area contributed by atoms with Crippen LogP contribution < -0.4 is 9.47 Å². The van der Waals surface area contributed by atoms with Crippen LogP contribution in [0.5, 0.6) is 11.5 Å². The van der Waals surface area contributed by atoms with Crippen molar-refractivity contribution in [3.63, 3.8) is 0 Å². The first kappa shape index (κ1) is 18.9. The summed E-state index contributed by atoms with van der Waals surface area (Å²) in [6.07, 6.45) is -0.767. The number of benzene rings is 3. The van der Waals surface area contributed by atoms with E-state index in [0.717, 1.165) is 4.47 Å². The molecule has 27 heavy (non-hydrogen) atoms. The van der Waals surface area contributed by atoms with Gasteiger partial charge in [-0.2, -0.15) is 0 Å². The van der Waals surface area contributed by atoms with E-state index < -0.39 is 12.1 Å². The molecule has 0 radical (unpaired) electrons. The summed E-state index contributed by atoms with van der Waals surface area (Å²) in [4.78, 5) is 24.6. The van der Waals surface area contributed by atoms with Crippen LogP contribution in [0.3, 0.4) is 0 Å². The van der Waals surface area contributed by atoms with Gasteiger partial charge < -0.3 is 9.47 Å². The van der Waals surface area contributed by atoms with Crippen LogP contribution in [0.1, 0.15) is 22.8 Å². The SMILES string of the molecule is CC(Oc1ccc(Br)cc1)C(=O)Oc1ccc(C(=O)c2ccccc2)cc1. The third-order valence-corrected chi connectivity index (χ3v) is 4.36. The maximum atomic E-state index is 12.4. The zero-order valence-electron chi connectivity index (χ0n) is 14.6. The number of rotatable bonds is 6. The third-order valence-electron chi connectivity index (χ3n) is 3.83. The number of halogens is 1. The molecule has 3 aromatic carbocycles. The van der Waals surface area contributed by atoms with Gasteiger partial charge in [-0.05, 0) is 55.5 Å². The number of ether oxygens (including phenoxy) is 2. The molecule has 0 N–H and O–H groups in total. The molecule has 1 unspecified atom stereocenters. The molecule has 0 saturated heterocycles. The van der Waals surface area contributed by atoms with Crippen LogP contribution in [0, 0.1) is 0 Å². The van der Waals surface area contributed by atoms with Gasteiger partial charge in [-0.15, -0.1) is 0 Å². The van der Waals surface area contributed by atoms with E-state index >= 15 is 0 Å². The molecule has 0 aliphatic heterocycles. The Morgan fingerprint density at radius 1 is 0.778 bits per heavy atom. The number of hydrogen-bond acceptors (Lipinski definition) is 4. The van der Waals surface area contributed by atoms with Crippen molar-refractivity contribution in [3.8, 4) is 11.5 Å². The van der Waals surface area contributed by atoms with E-state index in [2.05, 4.69) is 15.9 Å². The van der Waals surface area contributed by atoms with E-state index in [1.165, 1.54) is 0 Å². The fourth-order valence-corrected chi connectivity index (χ4v) is 2.66. The molecule has 0 spiro atoms. The Bertz CT molecular complexity index is 919. The van der Waals surface area contributed by atoms with Crippen LogP contribution in [-0.4, -0.2) is 17.9 Å². The van der Waals surface area contributed by atoms with Crippen molar-refractivity contribution in [2.45, 2.75) is 13.0 Å². The van der Waals surface area contributed by atoms with E-state index in [4.69, 9.17) is 9.47 Å². The largest absolute Gasteiger partial charge is 0.479 e. The van der Waals surface area contributed by atoms with Gasteiger partial charge in [-0.1, -0.05) is 46.3 Å². The molecule has 0 saturated carbocycles. The highest BCUT2D eigenvalue weighted by atomic mass is 79.9. The Labute approximate surface area is 165 Å². The lowest BCUT2D eigenvalue weighted by atomic mass is 10.0. The second-order valence-corrected chi connectivity index (χ2v) is 6.77. The number of ketones is 1. The maximum absolute atomic E-state index is 12.4. The van der Waals surface area contributed by atoms with Gasteiger partial charge in [-0.25, -0.2) is 4.79 Å². The standard InChI is InChI=1S/C22H17BrO4/c1-15(26-19-13-9-18(23)10-14-19)22(25)27-20-11-7-17(8-12-20)21(24)16-5-3-2-4-6-16/h2-15H,1H3. The van der Waals surface area contributed by atoms with Gasteiger partial charge >= 0.3 is 5.97 Å².